The summed E-state index contributed by atoms with van der Waals surface area (Å²) in [5, 5.41) is 3.33. The highest BCUT2D eigenvalue weighted by atomic mass is 16.6. The largest absolute Gasteiger partial charge is 0.444 e. The van der Waals surface area contributed by atoms with E-state index < -0.39 is 5.60 Å². The van der Waals surface area contributed by atoms with Crippen LogP contribution in [0, 0.1) is 0 Å². The Morgan fingerprint density at radius 2 is 2.30 bits per heavy atom. The van der Waals surface area contributed by atoms with Crippen LogP contribution < -0.4 is 5.32 Å². The van der Waals surface area contributed by atoms with E-state index in [9.17, 15) is 4.79 Å². The zero-order valence-corrected chi connectivity index (χ0v) is 12.7. The molecule has 20 heavy (non-hydrogen) atoms. The Hall–Kier alpha value is -1.56. The van der Waals surface area contributed by atoms with E-state index in [1.54, 1.807) is 11.2 Å². The average molecular weight is 280 g/mol. The highest BCUT2D eigenvalue weighted by Crippen LogP contribution is 2.24. The first-order valence-corrected chi connectivity index (χ1v) is 7.12. The topological polar surface area (TPSA) is 59.4 Å². The molecule has 0 aliphatic carbocycles. The summed E-state index contributed by atoms with van der Waals surface area (Å²) in [6, 6.07) is -0.0268. The maximum absolute atomic E-state index is 12.4. The zero-order chi connectivity index (χ0) is 14.8. The molecule has 112 valence electrons. The fourth-order valence-corrected chi connectivity index (χ4v) is 2.38. The number of hydrogen-bond donors (Lipinski definition) is 1. The minimum absolute atomic E-state index is 0.0268. The van der Waals surface area contributed by atoms with Crippen molar-refractivity contribution >= 4 is 6.09 Å². The van der Waals surface area contributed by atoms with Crippen LogP contribution in [0.25, 0.3) is 0 Å². The minimum Gasteiger partial charge on any atom is -0.444 e. The molecule has 0 spiro atoms. The Labute approximate surface area is 120 Å². The molecule has 1 atom stereocenters. The van der Waals surface area contributed by atoms with E-state index in [-0.39, 0.29) is 12.1 Å². The van der Waals surface area contributed by atoms with Crippen molar-refractivity contribution in [2.24, 2.45) is 0 Å². The number of carbonyl (C=O) groups excluding carboxylic acids is 1. The van der Waals surface area contributed by atoms with Crippen molar-refractivity contribution in [3.05, 3.63) is 18.2 Å². The molecule has 1 aromatic heterocycles. The summed E-state index contributed by atoms with van der Waals surface area (Å²) in [7, 11) is 0. The van der Waals surface area contributed by atoms with Gasteiger partial charge in [0.2, 0.25) is 0 Å². The predicted octanol–water partition coefficient (Wildman–Crippen LogP) is 1.78. The number of aromatic nitrogens is 2. The second-order valence-electron chi connectivity index (χ2n) is 6.00. The quantitative estimate of drug-likeness (QED) is 0.897. The molecule has 0 bridgehead atoms. The Bertz CT molecular complexity index is 464. The molecular formula is C14H24N4O2. The van der Waals surface area contributed by atoms with Gasteiger partial charge in [0.25, 0.3) is 0 Å². The molecule has 6 heteroatoms. The van der Waals surface area contributed by atoms with E-state index in [0.29, 0.717) is 6.54 Å². The Balaban J connectivity index is 2.19. The molecule has 0 radical (unpaired) electrons. The number of amides is 1. The number of hydrogen-bond acceptors (Lipinski definition) is 4. The molecule has 2 heterocycles. The van der Waals surface area contributed by atoms with Gasteiger partial charge in [-0.25, -0.2) is 9.78 Å². The summed E-state index contributed by atoms with van der Waals surface area (Å²) in [6.45, 7) is 10.7. The number of nitrogens with one attached hydrogen (secondary N) is 1. The van der Waals surface area contributed by atoms with Crippen LogP contribution in [0.3, 0.4) is 0 Å². The SMILES string of the molecule is CCn1cncc1C1CNCCN1C(=O)OC(C)(C)C. The number of rotatable bonds is 2. The van der Waals surface area contributed by atoms with E-state index in [1.165, 1.54) is 0 Å². The third-order valence-corrected chi connectivity index (χ3v) is 3.30. The van der Waals surface area contributed by atoms with Gasteiger partial charge < -0.3 is 14.6 Å². The van der Waals surface area contributed by atoms with Crippen molar-refractivity contribution in [3.63, 3.8) is 0 Å². The summed E-state index contributed by atoms with van der Waals surface area (Å²) in [4.78, 5) is 18.4. The standard InChI is InChI=1S/C14H24N4O2/c1-5-17-10-16-8-11(17)12-9-15-6-7-18(12)13(19)20-14(2,3)4/h8,10,12,15H,5-7,9H2,1-4H3. The first kappa shape index (κ1) is 14.8. The van der Waals surface area contributed by atoms with Crippen LogP contribution >= 0.6 is 0 Å². The highest BCUT2D eigenvalue weighted by Gasteiger charge is 2.32. The van der Waals surface area contributed by atoms with Crippen molar-refractivity contribution in [1.82, 2.24) is 19.8 Å². The monoisotopic (exact) mass is 280 g/mol. The number of ether oxygens (including phenoxy) is 1. The lowest BCUT2D eigenvalue weighted by atomic mass is 10.1. The molecule has 1 N–H and O–H groups in total. The molecule has 1 aliphatic heterocycles. The summed E-state index contributed by atoms with van der Waals surface area (Å²) >= 11 is 0. The van der Waals surface area contributed by atoms with Gasteiger partial charge in [-0.1, -0.05) is 0 Å². The molecule has 2 rings (SSSR count). The first-order chi connectivity index (χ1) is 9.42. The lowest BCUT2D eigenvalue weighted by molar-refractivity contribution is 0.0109. The number of carbonyl (C=O) groups is 1. The van der Waals surface area contributed by atoms with Crippen LogP contribution in [-0.4, -0.2) is 45.8 Å². The lowest BCUT2D eigenvalue weighted by Crippen LogP contribution is -2.50. The molecule has 0 saturated carbocycles. The maximum atomic E-state index is 12.4. The Morgan fingerprint density at radius 1 is 1.55 bits per heavy atom. The van der Waals surface area contributed by atoms with E-state index in [0.717, 1.165) is 25.3 Å². The summed E-state index contributed by atoms with van der Waals surface area (Å²) in [5.74, 6) is 0. The Kier molecular flexibility index (Phi) is 4.32. The first-order valence-electron chi connectivity index (χ1n) is 7.12. The predicted molar refractivity (Wildman–Crippen MR) is 76.5 cm³/mol. The van der Waals surface area contributed by atoms with Crippen LogP contribution in [0.2, 0.25) is 0 Å². The average Bonchev–Trinajstić information content (AvgIpc) is 2.84. The third-order valence-electron chi connectivity index (χ3n) is 3.30. The third kappa shape index (κ3) is 3.30. The van der Waals surface area contributed by atoms with Gasteiger partial charge in [0, 0.05) is 26.2 Å². The maximum Gasteiger partial charge on any atom is 0.410 e. The number of piperazine rings is 1. The van der Waals surface area contributed by atoms with E-state index in [2.05, 4.69) is 21.8 Å². The fourth-order valence-electron chi connectivity index (χ4n) is 2.38. The van der Waals surface area contributed by atoms with Gasteiger partial charge in [0.1, 0.15) is 5.60 Å². The number of aryl methyl sites for hydroxylation is 1. The van der Waals surface area contributed by atoms with Crippen LogP contribution in [0.1, 0.15) is 39.4 Å². The normalized spacial score (nSPS) is 20.0. The summed E-state index contributed by atoms with van der Waals surface area (Å²) < 4.78 is 7.57. The summed E-state index contributed by atoms with van der Waals surface area (Å²) in [6.07, 6.45) is 3.38. The molecule has 1 fully saturated rings. The van der Waals surface area contributed by atoms with E-state index >= 15 is 0 Å². The molecule has 1 amide bonds. The molecule has 0 aromatic carbocycles. The number of nitrogens with zero attached hydrogens (tertiary/aromatic N) is 3. The minimum atomic E-state index is -0.475. The highest BCUT2D eigenvalue weighted by molar-refractivity contribution is 5.69. The van der Waals surface area contributed by atoms with E-state index in [1.807, 2.05) is 27.0 Å². The van der Waals surface area contributed by atoms with Gasteiger partial charge in [0.05, 0.1) is 24.3 Å². The van der Waals surface area contributed by atoms with Crippen LogP contribution in [0.4, 0.5) is 4.79 Å². The van der Waals surface area contributed by atoms with Gasteiger partial charge in [-0.05, 0) is 27.7 Å². The second kappa shape index (κ2) is 5.83. The van der Waals surface area contributed by atoms with Crippen molar-refractivity contribution in [3.8, 4) is 0 Å². The molecule has 1 saturated heterocycles. The molecule has 1 aliphatic rings. The molecular weight excluding hydrogens is 256 g/mol. The van der Waals surface area contributed by atoms with Crippen molar-refractivity contribution in [2.45, 2.75) is 45.9 Å². The molecule has 1 unspecified atom stereocenters. The van der Waals surface area contributed by atoms with Crippen LogP contribution in [0.15, 0.2) is 12.5 Å². The number of imidazole rings is 1. The van der Waals surface area contributed by atoms with Crippen molar-refractivity contribution in [1.29, 1.82) is 0 Å². The fraction of sp³-hybridized carbons (Fsp3) is 0.714. The van der Waals surface area contributed by atoms with Gasteiger partial charge >= 0.3 is 6.09 Å². The smallest absolute Gasteiger partial charge is 0.410 e. The Morgan fingerprint density at radius 3 is 2.95 bits per heavy atom. The zero-order valence-electron chi connectivity index (χ0n) is 12.7. The van der Waals surface area contributed by atoms with Crippen LogP contribution in [0.5, 0.6) is 0 Å². The lowest BCUT2D eigenvalue weighted by Gasteiger charge is -2.37. The van der Waals surface area contributed by atoms with Gasteiger partial charge in [-0.3, -0.25) is 4.90 Å². The van der Waals surface area contributed by atoms with Crippen molar-refractivity contribution < 1.29 is 9.53 Å². The van der Waals surface area contributed by atoms with Crippen molar-refractivity contribution in [2.75, 3.05) is 19.6 Å². The van der Waals surface area contributed by atoms with Gasteiger partial charge in [-0.15, -0.1) is 0 Å². The summed E-state index contributed by atoms with van der Waals surface area (Å²) in [5.41, 5.74) is 0.572. The second-order valence-corrected chi connectivity index (χ2v) is 6.00. The van der Waals surface area contributed by atoms with Gasteiger partial charge in [0.15, 0.2) is 0 Å². The molecule has 1 aromatic rings. The van der Waals surface area contributed by atoms with E-state index in [4.69, 9.17) is 4.74 Å². The molecule has 6 nitrogen and oxygen atoms in total. The van der Waals surface area contributed by atoms with Crippen LogP contribution in [-0.2, 0) is 11.3 Å². The van der Waals surface area contributed by atoms with Gasteiger partial charge in [-0.2, -0.15) is 0 Å².